The molecular weight excluding hydrogens is 350 g/mol. The number of hydrogen-bond donors (Lipinski definition) is 1. The van der Waals surface area contributed by atoms with Crippen molar-refractivity contribution in [3.8, 4) is 0 Å². The van der Waals surface area contributed by atoms with Crippen LogP contribution in [0.1, 0.15) is 22.8 Å². The normalized spacial score (nSPS) is 14.3. The highest BCUT2D eigenvalue weighted by Crippen LogP contribution is 2.30. The molecule has 3 rings (SSSR count). The van der Waals surface area contributed by atoms with E-state index in [1.54, 1.807) is 25.1 Å². The zero-order valence-electron chi connectivity index (χ0n) is 15.0. The first-order valence-corrected chi connectivity index (χ1v) is 9.00. The Hall–Kier alpha value is -2.53. The van der Waals surface area contributed by atoms with Crippen LogP contribution in [-0.2, 0) is 4.79 Å². The summed E-state index contributed by atoms with van der Waals surface area (Å²) in [7, 11) is 0. The van der Waals surface area contributed by atoms with Crippen molar-refractivity contribution >= 4 is 34.8 Å². The fourth-order valence-corrected chi connectivity index (χ4v) is 3.31. The number of rotatable bonds is 3. The van der Waals surface area contributed by atoms with Crippen LogP contribution in [0, 0.1) is 6.92 Å². The lowest BCUT2D eigenvalue weighted by molar-refractivity contribution is -0.129. The van der Waals surface area contributed by atoms with E-state index in [0.29, 0.717) is 29.4 Å². The van der Waals surface area contributed by atoms with Gasteiger partial charge < -0.3 is 15.1 Å². The van der Waals surface area contributed by atoms with Crippen LogP contribution in [0.2, 0.25) is 5.02 Å². The summed E-state index contributed by atoms with van der Waals surface area (Å²) in [6, 6.07) is 12.9. The molecule has 1 heterocycles. The molecule has 0 bridgehead atoms. The number of nitrogens with zero attached hydrogens (tertiary/aromatic N) is 2. The first kappa shape index (κ1) is 18.3. The van der Waals surface area contributed by atoms with Crippen molar-refractivity contribution in [3.05, 3.63) is 58.6 Å². The summed E-state index contributed by atoms with van der Waals surface area (Å²) in [5.74, 6) is -0.0613. The highest BCUT2D eigenvalue weighted by atomic mass is 35.5. The van der Waals surface area contributed by atoms with E-state index < -0.39 is 0 Å². The van der Waals surface area contributed by atoms with Crippen molar-refractivity contribution in [3.63, 3.8) is 0 Å². The molecule has 0 atom stereocenters. The van der Waals surface area contributed by atoms with Gasteiger partial charge in [-0.05, 0) is 37.3 Å². The Labute approximate surface area is 158 Å². The molecule has 1 N–H and O–H groups in total. The molecule has 2 aromatic carbocycles. The number of anilines is 2. The predicted octanol–water partition coefficient (Wildman–Crippen LogP) is 3.57. The van der Waals surface area contributed by atoms with E-state index in [1.807, 2.05) is 36.1 Å². The molecule has 5 nitrogen and oxygen atoms in total. The largest absolute Gasteiger partial charge is 0.367 e. The van der Waals surface area contributed by atoms with Gasteiger partial charge in [-0.25, -0.2) is 0 Å². The number of halogens is 1. The summed E-state index contributed by atoms with van der Waals surface area (Å²) >= 11 is 6.44. The van der Waals surface area contributed by atoms with E-state index >= 15 is 0 Å². The monoisotopic (exact) mass is 371 g/mol. The summed E-state index contributed by atoms with van der Waals surface area (Å²) in [4.78, 5) is 27.7. The molecule has 0 aromatic heterocycles. The smallest absolute Gasteiger partial charge is 0.255 e. The second-order valence-electron chi connectivity index (χ2n) is 6.48. The van der Waals surface area contributed by atoms with Gasteiger partial charge in [-0.3, -0.25) is 9.59 Å². The second-order valence-corrected chi connectivity index (χ2v) is 6.89. The highest BCUT2D eigenvalue weighted by molar-refractivity contribution is 6.33. The SMILES string of the molecule is CC(=O)N1CCN(c2ccc(NC(=O)c3ccc(C)cc3)cc2Cl)CC1. The number of hydrogen-bond acceptors (Lipinski definition) is 3. The summed E-state index contributed by atoms with van der Waals surface area (Å²) in [5.41, 5.74) is 3.30. The Kier molecular flexibility index (Phi) is 5.47. The first-order valence-electron chi connectivity index (χ1n) is 8.62. The molecule has 0 spiro atoms. The lowest BCUT2D eigenvalue weighted by atomic mass is 10.1. The number of aryl methyl sites for hydroxylation is 1. The van der Waals surface area contributed by atoms with Crippen LogP contribution < -0.4 is 10.2 Å². The van der Waals surface area contributed by atoms with Crippen molar-refractivity contribution in [1.29, 1.82) is 0 Å². The van der Waals surface area contributed by atoms with Crippen molar-refractivity contribution in [1.82, 2.24) is 4.90 Å². The maximum absolute atomic E-state index is 12.3. The zero-order valence-corrected chi connectivity index (χ0v) is 15.7. The van der Waals surface area contributed by atoms with Gasteiger partial charge >= 0.3 is 0 Å². The van der Waals surface area contributed by atoms with Crippen LogP contribution in [0.4, 0.5) is 11.4 Å². The van der Waals surface area contributed by atoms with Gasteiger partial charge in [0.1, 0.15) is 0 Å². The summed E-state index contributed by atoms with van der Waals surface area (Å²) in [5, 5.41) is 3.46. The lowest BCUT2D eigenvalue weighted by Gasteiger charge is -2.36. The van der Waals surface area contributed by atoms with Gasteiger partial charge in [-0.1, -0.05) is 29.3 Å². The van der Waals surface area contributed by atoms with Gasteiger partial charge in [0.25, 0.3) is 5.91 Å². The molecule has 6 heteroatoms. The van der Waals surface area contributed by atoms with Crippen molar-refractivity contribution in [2.24, 2.45) is 0 Å². The second kappa shape index (κ2) is 7.79. The average Bonchev–Trinajstić information content (AvgIpc) is 2.62. The topological polar surface area (TPSA) is 52.7 Å². The molecule has 2 aromatic rings. The maximum atomic E-state index is 12.3. The van der Waals surface area contributed by atoms with Crippen LogP contribution in [0.15, 0.2) is 42.5 Å². The van der Waals surface area contributed by atoms with Gasteiger partial charge in [-0.2, -0.15) is 0 Å². The third-order valence-electron chi connectivity index (χ3n) is 4.58. The maximum Gasteiger partial charge on any atom is 0.255 e. The van der Waals surface area contributed by atoms with Crippen molar-refractivity contribution in [2.75, 3.05) is 36.4 Å². The Morgan fingerprint density at radius 2 is 1.65 bits per heavy atom. The van der Waals surface area contributed by atoms with Crippen LogP contribution in [0.25, 0.3) is 0 Å². The number of amides is 2. The molecule has 26 heavy (non-hydrogen) atoms. The number of nitrogens with one attached hydrogen (secondary N) is 1. The highest BCUT2D eigenvalue weighted by Gasteiger charge is 2.20. The number of carbonyl (C=O) groups is 2. The van der Waals surface area contributed by atoms with Crippen molar-refractivity contribution in [2.45, 2.75) is 13.8 Å². The minimum absolute atomic E-state index is 0.102. The third-order valence-corrected chi connectivity index (χ3v) is 4.89. The standard InChI is InChI=1S/C20H22ClN3O2/c1-14-3-5-16(6-4-14)20(26)22-17-7-8-19(18(21)13-17)24-11-9-23(10-12-24)15(2)25/h3-8,13H,9-12H2,1-2H3,(H,22,26). The fraction of sp³-hybridized carbons (Fsp3) is 0.300. The van der Waals surface area contributed by atoms with E-state index in [2.05, 4.69) is 10.2 Å². The third kappa shape index (κ3) is 4.17. The van der Waals surface area contributed by atoms with Crippen LogP contribution in [-0.4, -0.2) is 42.9 Å². The Balaban J connectivity index is 1.67. The quantitative estimate of drug-likeness (QED) is 0.897. The first-order chi connectivity index (χ1) is 12.4. The number of benzene rings is 2. The van der Waals surface area contributed by atoms with E-state index in [4.69, 9.17) is 11.6 Å². The van der Waals surface area contributed by atoms with Crippen LogP contribution in [0.5, 0.6) is 0 Å². The fourth-order valence-electron chi connectivity index (χ4n) is 3.01. The lowest BCUT2D eigenvalue weighted by Crippen LogP contribution is -2.48. The predicted molar refractivity (Wildman–Crippen MR) is 105 cm³/mol. The Morgan fingerprint density at radius 3 is 2.23 bits per heavy atom. The van der Waals surface area contributed by atoms with E-state index in [1.165, 1.54) is 0 Å². The zero-order chi connectivity index (χ0) is 18.7. The molecule has 1 saturated heterocycles. The Bertz CT molecular complexity index is 812. The summed E-state index contributed by atoms with van der Waals surface area (Å²) in [6.07, 6.45) is 0. The molecule has 0 unspecified atom stereocenters. The number of carbonyl (C=O) groups excluding carboxylic acids is 2. The van der Waals surface area contributed by atoms with Gasteiger partial charge in [0.05, 0.1) is 10.7 Å². The van der Waals surface area contributed by atoms with E-state index in [0.717, 1.165) is 24.3 Å². The molecule has 0 radical (unpaired) electrons. The molecule has 1 aliphatic heterocycles. The van der Waals surface area contributed by atoms with E-state index in [-0.39, 0.29) is 11.8 Å². The summed E-state index contributed by atoms with van der Waals surface area (Å²) < 4.78 is 0. The van der Waals surface area contributed by atoms with Gasteiger partial charge in [0.2, 0.25) is 5.91 Å². The summed E-state index contributed by atoms with van der Waals surface area (Å²) in [6.45, 7) is 6.45. The van der Waals surface area contributed by atoms with Crippen molar-refractivity contribution < 1.29 is 9.59 Å². The molecule has 0 saturated carbocycles. The van der Waals surface area contributed by atoms with Gasteiger partial charge in [-0.15, -0.1) is 0 Å². The molecule has 2 amide bonds. The van der Waals surface area contributed by atoms with Gasteiger partial charge in [0.15, 0.2) is 0 Å². The molecular formula is C20H22ClN3O2. The molecule has 136 valence electrons. The molecule has 0 aliphatic carbocycles. The average molecular weight is 372 g/mol. The Morgan fingerprint density at radius 1 is 1.00 bits per heavy atom. The number of piperazine rings is 1. The van der Waals surface area contributed by atoms with E-state index in [9.17, 15) is 9.59 Å². The molecule has 1 aliphatic rings. The molecule has 1 fully saturated rings. The minimum atomic E-state index is -0.163. The van der Waals surface area contributed by atoms with Crippen LogP contribution >= 0.6 is 11.6 Å². The van der Waals surface area contributed by atoms with Gasteiger partial charge in [0, 0.05) is 44.4 Å². The van der Waals surface area contributed by atoms with Crippen LogP contribution in [0.3, 0.4) is 0 Å². The minimum Gasteiger partial charge on any atom is -0.367 e.